The number of nitrogens with one attached hydrogen (secondary N) is 1. The first-order chi connectivity index (χ1) is 13.4. The van der Waals surface area contributed by atoms with E-state index in [9.17, 15) is 9.90 Å². The van der Waals surface area contributed by atoms with Crippen molar-refractivity contribution in [1.82, 2.24) is 14.9 Å². The second kappa shape index (κ2) is 9.02. The number of rotatable bonds is 8. The van der Waals surface area contributed by atoms with Crippen molar-refractivity contribution in [2.45, 2.75) is 52.7 Å². The van der Waals surface area contributed by atoms with Crippen molar-refractivity contribution in [2.75, 3.05) is 6.54 Å². The van der Waals surface area contributed by atoms with Crippen LogP contribution in [-0.2, 0) is 17.8 Å². The normalized spacial score (nSPS) is 12.3. The summed E-state index contributed by atoms with van der Waals surface area (Å²) in [4.78, 5) is 16.7. The minimum absolute atomic E-state index is 0.0295. The Labute approximate surface area is 166 Å². The van der Waals surface area contributed by atoms with Crippen molar-refractivity contribution in [3.05, 3.63) is 65.0 Å². The molecule has 0 aliphatic heterocycles. The molecule has 0 radical (unpaired) electrons. The molecule has 1 amide bonds. The Kier molecular flexibility index (Phi) is 6.47. The molecular formula is C23H29N3O2. The van der Waals surface area contributed by atoms with Gasteiger partial charge in [-0.1, -0.05) is 35.9 Å². The molecule has 3 rings (SSSR count). The number of para-hydroxylation sites is 2. The van der Waals surface area contributed by atoms with E-state index in [1.165, 1.54) is 16.7 Å². The molecule has 0 unspecified atom stereocenters. The Hall–Kier alpha value is -2.66. The number of imidazole rings is 1. The number of carbonyl (C=O) groups is 1. The number of aliphatic hydroxyl groups excluding tert-OH is 1. The largest absolute Gasteiger partial charge is 0.393 e. The molecule has 1 heterocycles. The average molecular weight is 380 g/mol. The summed E-state index contributed by atoms with van der Waals surface area (Å²) in [6.45, 7) is 7.24. The van der Waals surface area contributed by atoms with Gasteiger partial charge in [-0.2, -0.15) is 0 Å². The molecule has 0 saturated heterocycles. The topological polar surface area (TPSA) is 67.2 Å². The van der Waals surface area contributed by atoms with E-state index in [-0.39, 0.29) is 5.91 Å². The molecule has 28 heavy (non-hydrogen) atoms. The third kappa shape index (κ3) is 4.98. The second-order valence-corrected chi connectivity index (χ2v) is 7.52. The van der Waals surface area contributed by atoms with Gasteiger partial charge in [0.05, 0.1) is 17.1 Å². The van der Waals surface area contributed by atoms with Gasteiger partial charge in [-0.3, -0.25) is 4.79 Å². The van der Waals surface area contributed by atoms with Crippen LogP contribution in [0.15, 0.2) is 42.5 Å². The van der Waals surface area contributed by atoms with Crippen molar-refractivity contribution in [3.63, 3.8) is 0 Å². The van der Waals surface area contributed by atoms with Crippen LogP contribution in [0.5, 0.6) is 0 Å². The van der Waals surface area contributed by atoms with E-state index in [0.717, 1.165) is 23.4 Å². The van der Waals surface area contributed by atoms with E-state index in [4.69, 9.17) is 4.98 Å². The lowest BCUT2D eigenvalue weighted by Crippen LogP contribution is -2.27. The Morgan fingerprint density at radius 1 is 1.21 bits per heavy atom. The molecule has 148 valence electrons. The summed E-state index contributed by atoms with van der Waals surface area (Å²) in [7, 11) is 0. The molecule has 0 fully saturated rings. The van der Waals surface area contributed by atoms with Crippen LogP contribution in [0.4, 0.5) is 0 Å². The zero-order valence-corrected chi connectivity index (χ0v) is 16.9. The monoisotopic (exact) mass is 379 g/mol. The van der Waals surface area contributed by atoms with Crippen LogP contribution in [0.25, 0.3) is 11.0 Å². The Morgan fingerprint density at radius 2 is 2.00 bits per heavy atom. The number of hydrogen-bond donors (Lipinski definition) is 2. The SMILES string of the molecule is Cc1ccc(C)c(Cn2c(CCNC(=O)CC[C@@H](C)O)nc3ccccc32)c1. The Balaban J connectivity index is 1.77. The van der Waals surface area contributed by atoms with E-state index >= 15 is 0 Å². The summed E-state index contributed by atoms with van der Waals surface area (Å²) >= 11 is 0. The van der Waals surface area contributed by atoms with E-state index in [1.54, 1.807) is 6.92 Å². The number of benzene rings is 2. The van der Waals surface area contributed by atoms with Crippen molar-refractivity contribution in [2.24, 2.45) is 0 Å². The number of nitrogens with zero attached hydrogens (tertiary/aromatic N) is 2. The molecule has 2 aromatic carbocycles. The quantitative estimate of drug-likeness (QED) is 0.629. The molecule has 1 aromatic heterocycles. The summed E-state index contributed by atoms with van der Waals surface area (Å²) in [5, 5.41) is 12.2. The fraction of sp³-hybridized carbons (Fsp3) is 0.391. The van der Waals surface area contributed by atoms with Gasteiger partial charge in [0.25, 0.3) is 0 Å². The molecule has 5 heteroatoms. The Bertz CT molecular complexity index is 960. The number of aromatic nitrogens is 2. The van der Waals surface area contributed by atoms with Crippen LogP contribution in [0, 0.1) is 13.8 Å². The molecule has 0 aliphatic carbocycles. The maximum Gasteiger partial charge on any atom is 0.220 e. The highest BCUT2D eigenvalue weighted by Gasteiger charge is 2.12. The predicted molar refractivity (Wildman–Crippen MR) is 112 cm³/mol. The van der Waals surface area contributed by atoms with Crippen LogP contribution in [0.3, 0.4) is 0 Å². The van der Waals surface area contributed by atoms with Gasteiger partial charge in [-0.15, -0.1) is 0 Å². The molecule has 5 nitrogen and oxygen atoms in total. The molecule has 0 spiro atoms. The molecule has 0 bridgehead atoms. The molecule has 2 N–H and O–H groups in total. The van der Waals surface area contributed by atoms with Gasteiger partial charge in [0.2, 0.25) is 5.91 Å². The number of amides is 1. The zero-order valence-electron chi connectivity index (χ0n) is 16.9. The van der Waals surface area contributed by atoms with E-state index in [0.29, 0.717) is 25.8 Å². The third-order valence-electron chi connectivity index (χ3n) is 5.03. The van der Waals surface area contributed by atoms with E-state index in [2.05, 4.69) is 48.0 Å². The lowest BCUT2D eigenvalue weighted by molar-refractivity contribution is -0.121. The summed E-state index contributed by atoms with van der Waals surface area (Å²) in [5.74, 6) is 0.941. The van der Waals surface area contributed by atoms with Gasteiger partial charge >= 0.3 is 0 Å². The first-order valence-corrected chi connectivity index (χ1v) is 9.89. The molecule has 1 atom stereocenters. The van der Waals surface area contributed by atoms with Gasteiger partial charge in [0.1, 0.15) is 5.82 Å². The van der Waals surface area contributed by atoms with E-state index < -0.39 is 6.10 Å². The first kappa shape index (κ1) is 20.1. The number of carbonyl (C=O) groups excluding carboxylic acids is 1. The van der Waals surface area contributed by atoms with Crippen LogP contribution in [0.1, 0.15) is 42.3 Å². The predicted octanol–water partition coefficient (Wildman–Crippen LogP) is 3.52. The van der Waals surface area contributed by atoms with Gasteiger partial charge in [-0.25, -0.2) is 4.98 Å². The van der Waals surface area contributed by atoms with Crippen LogP contribution < -0.4 is 5.32 Å². The third-order valence-corrected chi connectivity index (χ3v) is 5.03. The van der Waals surface area contributed by atoms with Crippen molar-refractivity contribution >= 4 is 16.9 Å². The fourth-order valence-corrected chi connectivity index (χ4v) is 3.38. The Morgan fingerprint density at radius 3 is 2.79 bits per heavy atom. The maximum atomic E-state index is 11.9. The van der Waals surface area contributed by atoms with Crippen molar-refractivity contribution in [1.29, 1.82) is 0 Å². The number of aryl methyl sites for hydroxylation is 2. The zero-order chi connectivity index (χ0) is 20.1. The summed E-state index contributed by atoms with van der Waals surface area (Å²) < 4.78 is 2.25. The van der Waals surface area contributed by atoms with Crippen molar-refractivity contribution < 1.29 is 9.90 Å². The number of fused-ring (bicyclic) bond motifs is 1. The van der Waals surface area contributed by atoms with Crippen LogP contribution >= 0.6 is 0 Å². The van der Waals surface area contributed by atoms with Crippen LogP contribution in [0.2, 0.25) is 0 Å². The molecular weight excluding hydrogens is 350 g/mol. The number of hydrogen-bond acceptors (Lipinski definition) is 3. The van der Waals surface area contributed by atoms with Gasteiger partial charge in [0, 0.05) is 25.9 Å². The molecule has 0 saturated carbocycles. The smallest absolute Gasteiger partial charge is 0.220 e. The molecule has 3 aromatic rings. The average Bonchev–Trinajstić information content (AvgIpc) is 3.00. The fourth-order valence-electron chi connectivity index (χ4n) is 3.38. The lowest BCUT2D eigenvalue weighted by atomic mass is 10.1. The minimum Gasteiger partial charge on any atom is -0.393 e. The highest BCUT2D eigenvalue weighted by atomic mass is 16.3. The van der Waals surface area contributed by atoms with E-state index in [1.807, 2.05) is 18.2 Å². The van der Waals surface area contributed by atoms with Gasteiger partial charge in [0.15, 0.2) is 0 Å². The minimum atomic E-state index is -0.451. The van der Waals surface area contributed by atoms with Gasteiger partial charge < -0.3 is 15.0 Å². The van der Waals surface area contributed by atoms with Gasteiger partial charge in [-0.05, 0) is 50.5 Å². The first-order valence-electron chi connectivity index (χ1n) is 9.89. The summed E-state index contributed by atoms with van der Waals surface area (Å²) in [6, 6.07) is 14.7. The molecule has 0 aliphatic rings. The van der Waals surface area contributed by atoms with Crippen molar-refractivity contribution in [3.8, 4) is 0 Å². The lowest BCUT2D eigenvalue weighted by Gasteiger charge is -2.13. The summed E-state index contributed by atoms with van der Waals surface area (Å²) in [6.07, 6.45) is 1.04. The second-order valence-electron chi connectivity index (χ2n) is 7.52. The summed E-state index contributed by atoms with van der Waals surface area (Å²) in [5.41, 5.74) is 5.88. The standard InChI is InChI=1S/C23H29N3O2/c1-16-8-9-17(2)19(14-16)15-26-21-7-5-4-6-20(21)25-22(26)12-13-24-23(28)11-10-18(3)27/h4-9,14,18,27H,10-13,15H2,1-3H3,(H,24,28)/t18-/m1/s1. The number of aliphatic hydroxyl groups is 1. The maximum absolute atomic E-state index is 11.9. The highest BCUT2D eigenvalue weighted by Crippen LogP contribution is 2.20. The van der Waals surface area contributed by atoms with Crippen LogP contribution in [-0.4, -0.2) is 33.2 Å². The highest BCUT2D eigenvalue weighted by molar-refractivity contribution is 5.77.